The molecule has 2 aromatic rings. The summed E-state index contributed by atoms with van der Waals surface area (Å²) in [6.45, 7) is 14.2. The van der Waals surface area contributed by atoms with Crippen molar-refractivity contribution in [2.45, 2.75) is 44.8 Å². The Labute approximate surface area is 232 Å². The van der Waals surface area contributed by atoms with Crippen molar-refractivity contribution in [1.29, 1.82) is 0 Å². The largest absolute Gasteiger partial charge is 0.508 e. The van der Waals surface area contributed by atoms with E-state index in [0.717, 1.165) is 43.7 Å². The van der Waals surface area contributed by atoms with Gasteiger partial charge >= 0.3 is 5.97 Å². The van der Waals surface area contributed by atoms with Gasteiger partial charge in [-0.3, -0.25) is 19.4 Å². The first kappa shape index (κ1) is 28.8. The average molecular weight is 535 g/mol. The maximum atomic E-state index is 13.6. The first-order valence-corrected chi connectivity index (χ1v) is 14.0. The lowest BCUT2D eigenvalue weighted by atomic mass is 9.92. The van der Waals surface area contributed by atoms with E-state index in [0.29, 0.717) is 37.8 Å². The highest BCUT2D eigenvalue weighted by Crippen LogP contribution is 2.35. The minimum atomic E-state index is -0.795. The molecule has 2 aromatic carbocycles. The van der Waals surface area contributed by atoms with Gasteiger partial charge in [-0.1, -0.05) is 30.3 Å². The van der Waals surface area contributed by atoms with Gasteiger partial charge in [-0.05, 0) is 62.2 Å². The first-order valence-electron chi connectivity index (χ1n) is 14.0. The summed E-state index contributed by atoms with van der Waals surface area (Å²) >= 11 is 0. The van der Waals surface area contributed by atoms with Gasteiger partial charge in [-0.15, -0.1) is 6.58 Å². The number of rotatable bonds is 9. The Morgan fingerprint density at radius 1 is 1.00 bits per heavy atom. The molecule has 2 heterocycles. The van der Waals surface area contributed by atoms with E-state index in [2.05, 4.69) is 41.2 Å². The fourth-order valence-electron chi connectivity index (χ4n) is 5.95. The van der Waals surface area contributed by atoms with Crippen LogP contribution in [0.15, 0.2) is 61.2 Å². The van der Waals surface area contributed by atoms with Crippen molar-refractivity contribution >= 4 is 11.9 Å². The number of hydrogen-bond donors (Lipinski definition) is 2. The fraction of sp³-hybridized carbons (Fsp3) is 0.484. The number of hydrogen-bond acceptors (Lipinski definition) is 6. The molecule has 210 valence electrons. The SMILES string of the molecule is C=CCN1C[C@H](C)N([C@@H](c2cccc(O)c2)c2cccc(C(=O)N3CCCN(CCC(=O)O)CC3)c2)C[C@H]1C. The van der Waals surface area contributed by atoms with Gasteiger partial charge in [0.25, 0.3) is 5.91 Å². The van der Waals surface area contributed by atoms with Crippen LogP contribution in [0, 0.1) is 0 Å². The number of piperazine rings is 1. The average Bonchev–Trinajstić information content (AvgIpc) is 3.16. The fourth-order valence-corrected chi connectivity index (χ4v) is 5.95. The van der Waals surface area contributed by atoms with Gasteiger partial charge < -0.3 is 20.0 Å². The van der Waals surface area contributed by atoms with E-state index >= 15 is 0 Å². The van der Waals surface area contributed by atoms with Crippen LogP contribution in [0.1, 0.15) is 54.2 Å². The zero-order valence-corrected chi connectivity index (χ0v) is 23.2. The first-order chi connectivity index (χ1) is 18.8. The van der Waals surface area contributed by atoms with Crippen molar-refractivity contribution in [2.24, 2.45) is 0 Å². The smallest absolute Gasteiger partial charge is 0.304 e. The molecule has 0 bridgehead atoms. The van der Waals surface area contributed by atoms with Gasteiger partial charge in [0.1, 0.15) is 5.75 Å². The molecule has 2 fully saturated rings. The molecule has 0 spiro atoms. The molecule has 8 nitrogen and oxygen atoms in total. The molecule has 0 aromatic heterocycles. The van der Waals surface area contributed by atoms with Gasteiger partial charge in [0.15, 0.2) is 0 Å². The van der Waals surface area contributed by atoms with Crippen molar-refractivity contribution in [3.05, 3.63) is 77.9 Å². The van der Waals surface area contributed by atoms with E-state index in [1.807, 2.05) is 47.4 Å². The molecule has 2 aliphatic heterocycles. The summed E-state index contributed by atoms with van der Waals surface area (Å²) in [4.78, 5) is 33.6. The number of phenols is 1. The second-order valence-electron chi connectivity index (χ2n) is 10.9. The molecule has 0 radical (unpaired) electrons. The number of phenolic OH excluding ortho intramolecular Hbond substituents is 1. The van der Waals surface area contributed by atoms with Gasteiger partial charge in [-0.25, -0.2) is 0 Å². The van der Waals surface area contributed by atoms with Crippen molar-refractivity contribution in [1.82, 2.24) is 19.6 Å². The third-order valence-corrected chi connectivity index (χ3v) is 8.01. The summed E-state index contributed by atoms with van der Waals surface area (Å²) in [5.74, 6) is -0.562. The van der Waals surface area contributed by atoms with Gasteiger partial charge in [0.2, 0.25) is 0 Å². The van der Waals surface area contributed by atoms with E-state index in [4.69, 9.17) is 5.11 Å². The van der Waals surface area contributed by atoms with Crippen molar-refractivity contribution in [3.63, 3.8) is 0 Å². The van der Waals surface area contributed by atoms with Crippen LogP contribution in [0.3, 0.4) is 0 Å². The van der Waals surface area contributed by atoms with E-state index in [1.54, 1.807) is 6.07 Å². The Hall–Kier alpha value is -3.20. The Morgan fingerprint density at radius 2 is 1.74 bits per heavy atom. The summed E-state index contributed by atoms with van der Waals surface area (Å²) in [6.07, 6.45) is 2.89. The van der Waals surface area contributed by atoms with Crippen LogP contribution in [0.2, 0.25) is 0 Å². The van der Waals surface area contributed by atoms with Crippen LogP contribution in [0.4, 0.5) is 0 Å². The molecular weight excluding hydrogens is 492 g/mol. The lowest BCUT2D eigenvalue weighted by molar-refractivity contribution is -0.137. The third-order valence-electron chi connectivity index (χ3n) is 8.01. The number of benzene rings is 2. The molecule has 1 amide bonds. The molecule has 3 atom stereocenters. The van der Waals surface area contributed by atoms with Gasteiger partial charge in [0.05, 0.1) is 12.5 Å². The third kappa shape index (κ3) is 7.26. The number of carbonyl (C=O) groups excluding carboxylic acids is 1. The molecule has 2 saturated heterocycles. The Morgan fingerprint density at radius 3 is 2.46 bits per heavy atom. The Bertz CT molecular complexity index is 1150. The maximum absolute atomic E-state index is 13.6. The van der Waals surface area contributed by atoms with Crippen LogP contribution >= 0.6 is 0 Å². The summed E-state index contributed by atoms with van der Waals surface area (Å²) in [7, 11) is 0. The van der Waals surface area contributed by atoms with E-state index < -0.39 is 5.97 Å². The number of carbonyl (C=O) groups is 2. The quantitative estimate of drug-likeness (QED) is 0.475. The van der Waals surface area contributed by atoms with Gasteiger partial charge in [-0.2, -0.15) is 0 Å². The van der Waals surface area contributed by atoms with Gasteiger partial charge in [0, 0.05) is 63.5 Å². The molecule has 0 aliphatic carbocycles. The molecule has 0 saturated carbocycles. The highest BCUT2D eigenvalue weighted by molar-refractivity contribution is 5.94. The second kappa shape index (κ2) is 13.2. The van der Waals surface area contributed by atoms with Crippen LogP contribution in [-0.2, 0) is 4.79 Å². The van der Waals surface area contributed by atoms with Crippen molar-refractivity contribution in [2.75, 3.05) is 52.4 Å². The molecular formula is C31H42N4O4. The Kier molecular flexibility index (Phi) is 9.78. The number of aromatic hydroxyl groups is 1. The van der Waals surface area contributed by atoms with Crippen LogP contribution < -0.4 is 0 Å². The zero-order chi connectivity index (χ0) is 27.9. The summed E-state index contributed by atoms with van der Waals surface area (Å²) in [6, 6.07) is 15.9. The number of carboxylic acid groups (broad SMARTS) is 1. The molecule has 0 unspecified atom stereocenters. The predicted octanol–water partition coefficient (Wildman–Crippen LogP) is 3.68. The summed E-state index contributed by atoms with van der Waals surface area (Å²) in [5.41, 5.74) is 2.68. The number of carboxylic acids is 1. The maximum Gasteiger partial charge on any atom is 0.304 e. The summed E-state index contributed by atoms with van der Waals surface area (Å²) < 4.78 is 0. The normalized spacial score (nSPS) is 22.3. The van der Waals surface area contributed by atoms with E-state index in [1.165, 1.54) is 0 Å². The van der Waals surface area contributed by atoms with Crippen LogP contribution in [0.5, 0.6) is 5.75 Å². The van der Waals surface area contributed by atoms with Crippen molar-refractivity contribution < 1.29 is 19.8 Å². The zero-order valence-electron chi connectivity index (χ0n) is 23.2. The van der Waals surface area contributed by atoms with Crippen molar-refractivity contribution in [3.8, 4) is 5.75 Å². The second-order valence-corrected chi connectivity index (χ2v) is 10.9. The molecule has 39 heavy (non-hydrogen) atoms. The van der Waals surface area contributed by atoms with E-state index in [9.17, 15) is 14.7 Å². The summed E-state index contributed by atoms with van der Waals surface area (Å²) in [5, 5.41) is 19.4. The molecule has 8 heteroatoms. The lowest BCUT2D eigenvalue weighted by Gasteiger charge is -2.47. The minimum Gasteiger partial charge on any atom is -0.508 e. The lowest BCUT2D eigenvalue weighted by Crippen LogP contribution is -2.57. The Balaban J connectivity index is 1.58. The molecule has 2 aliphatic rings. The predicted molar refractivity (Wildman–Crippen MR) is 153 cm³/mol. The standard InChI is InChI=1S/C31H42N4O4/c1-4-13-34-21-24(3)35(22-23(34)2)30(26-9-6-11-28(36)20-26)25-8-5-10-27(19-25)31(39)33-15-7-14-32(17-18-33)16-12-29(37)38/h4-6,8-11,19-20,23-24,30,36H,1,7,12-18,21-22H2,2-3H3,(H,37,38)/t23-,24+,30-/m1/s1. The molecule has 4 rings (SSSR count). The monoisotopic (exact) mass is 534 g/mol. The van der Waals surface area contributed by atoms with Crippen LogP contribution in [-0.4, -0.2) is 106 Å². The minimum absolute atomic E-state index is 0.00353. The van der Waals surface area contributed by atoms with E-state index in [-0.39, 0.29) is 30.2 Å². The number of nitrogens with zero attached hydrogens (tertiary/aromatic N) is 4. The molecule has 2 N–H and O–H groups in total. The highest BCUT2D eigenvalue weighted by Gasteiger charge is 2.35. The number of amides is 1. The highest BCUT2D eigenvalue weighted by atomic mass is 16.4. The van der Waals surface area contributed by atoms with Crippen LogP contribution in [0.25, 0.3) is 0 Å². The topological polar surface area (TPSA) is 87.6 Å². The number of aliphatic carboxylic acids is 1.